The maximum atomic E-state index is 5.49. The van der Waals surface area contributed by atoms with Crippen LogP contribution in [0.4, 0.5) is 5.69 Å². The number of benzene rings is 1. The molecule has 0 unspecified atom stereocenters. The SMILES string of the molecule is CN=C(NCc1ccccc1N1CCOCC1)N(C)CCC1CCOCC1. The van der Waals surface area contributed by atoms with E-state index in [1.165, 1.54) is 30.5 Å². The van der Waals surface area contributed by atoms with Gasteiger partial charge in [0.1, 0.15) is 0 Å². The average Bonchev–Trinajstić information content (AvgIpc) is 2.74. The summed E-state index contributed by atoms with van der Waals surface area (Å²) in [6.45, 7) is 7.15. The van der Waals surface area contributed by atoms with Crippen molar-refractivity contribution >= 4 is 11.6 Å². The molecule has 0 saturated carbocycles. The monoisotopic (exact) mass is 374 g/mol. The van der Waals surface area contributed by atoms with Gasteiger partial charge in [0, 0.05) is 59.2 Å². The summed E-state index contributed by atoms with van der Waals surface area (Å²) >= 11 is 0. The molecule has 1 N–H and O–H groups in total. The number of aliphatic imine (C=N–C) groups is 1. The Kier molecular flexibility index (Phi) is 7.78. The fraction of sp³-hybridized carbons (Fsp3) is 0.667. The molecule has 2 saturated heterocycles. The summed E-state index contributed by atoms with van der Waals surface area (Å²) in [6.07, 6.45) is 3.57. The van der Waals surface area contributed by atoms with Crippen LogP contribution in [0.3, 0.4) is 0 Å². The van der Waals surface area contributed by atoms with Gasteiger partial charge in [-0.25, -0.2) is 0 Å². The molecule has 0 bridgehead atoms. The molecule has 6 heteroatoms. The van der Waals surface area contributed by atoms with Crippen molar-refractivity contribution in [2.75, 3.05) is 65.1 Å². The maximum absolute atomic E-state index is 5.49. The molecule has 3 rings (SSSR count). The minimum Gasteiger partial charge on any atom is -0.381 e. The third-order valence-corrected chi connectivity index (χ3v) is 5.57. The topological polar surface area (TPSA) is 49.3 Å². The van der Waals surface area contributed by atoms with Gasteiger partial charge in [-0.3, -0.25) is 4.99 Å². The van der Waals surface area contributed by atoms with Crippen molar-refractivity contribution in [1.29, 1.82) is 0 Å². The summed E-state index contributed by atoms with van der Waals surface area (Å²) in [5.74, 6) is 1.74. The van der Waals surface area contributed by atoms with E-state index in [4.69, 9.17) is 9.47 Å². The number of rotatable bonds is 6. The summed E-state index contributed by atoms with van der Waals surface area (Å²) in [5.41, 5.74) is 2.60. The van der Waals surface area contributed by atoms with Gasteiger partial charge in [0.2, 0.25) is 0 Å². The summed E-state index contributed by atoms with van der Waals surface area (Å²) < 4.78 is 11.0. The fourth-order valence-electron chi connectivity index (χ4n) is 3.85. The summed E-state index contributed by atoms with van der Waals surface area (Å²) in [6, 6.07) is 8.63. The number of nitrogens with zero attached hydrogens (tertiary/aromatic N) is 3. The molecule has 2 aliphatic rings. The molecule has 6 nitrogen and oxygen atoms in total. The van der Waals surface area contributed by atoms with Crippen molar-refractivity contribution in [2.45, 2.75) is 25.8 Å². The Morgan fingerprint density at radius 3 is 2.59 bits per heavy atom. The van der Waals surface area contributed by atoms with Crippen LogP contribution in [-0.4, -0.2) is 71.0 Å². The van der Waals surface area contributed by atoms with Crippen LogP contribution in [0.15, 0.2) is 29.3 Å². The number of guanidine groups is 1. The molecule has 0 aromatic heterocycles. The normalized spacial score (nSPS) is 19.2. The predicted molar refractivity (Wildman–Crippen MR) is 110 cm³/mol. The largest absolute Gasteiger partial charge is 0.381 e. The van der Waals surface area contributed by atoms with Crippen molar-refractivity contribution in [3.8, 4) is 0 Å². The highest BCUT2D eigenvalue weighted by Gasteiger charge is 2.17. The number of ether oxygens (including phenoxy) is 2. The maximum Gasteiger partial charge on any atom is 0.193 e. The van der Waals surface area contributed by atoms with Gasteiger partial charge >= 0.3 is 0 Å². The van der Waals surface area contributed by atoms with Crippen LogP contribution in [0.5, 0.6) is 0 Å². The van der Waals surface area contributed by atoms with Crippen LogP contribution >= 0.6 is 0 Å². The Morgan fingerprint density at radius 1 is 1.15 bits per heavy atom. The van der Waals surface area contributed by atoms with Gasteiger partial charge in [0.25, 0.3) is 0 Å². The Bertz CT molecular complexity index is 596. The molecule has 1 aromatic rings. The lowest BCUT2D eigenvalue weighted by Gasteiger charge is -2.31. The number of nitrogens with one attached hydrogen (secondary N) is 1. The first-order valence-electron chi connectivity index (χ1n) is 10.2. The minimum absolute atomic E-state index is 0.779. The van der Waals surface area contributed by atoms with Gasteiger partial charge < -0.3 is 24.6 Å². The summed E-state index contributed by atoms with van der Waals surface area (Å²) in [4.78, 5) is 9.14. The standard InChI is InChI=1S/C21H34N4O2/c1-22-21(24(2)10-7-18-8-13-26-14-9-18)23-17-19-5-3-4-6-20(19)25-11-15-27-16-12-25/h3-6,18H,7-17H2,1-2H3,(H,22,23). The predicted octanol–water partition coefficient (Wildman–Crippen LogP) is 2.35. The van der Waals surface area contributed by atoms with Crippen LogP contribution < -0.4 is 10.2 Å². The lowest BCUT2D eigenvalue weighted by atomic mass is 9.96. The molecule has 0 amide bonds. The van der Waals surface area contributed by atoms with Crippen LogP contribution in [0.1, 0.15) is 24.8 Å². The lowest BCUT2D eigenvalue weighted by Crippen LogP contribution is -2.40. The van der Waals surface area contributed by atoms with E-state index >= 15 is 0 Å². The highest BCUT2D eigenvalue weighted by atomic mass is 16.5. The fourth-order valence-corrected chi connectivity index (χ4v) is 3.85. The summed E-state index contributed by atoms with van der Waals surface area (Å²) in [7, 11) is 3.99. The second-order valence-corrected chi connectivity index (χ2v) is 7.39. The number of morpholine rings is 1. The second-order valence-electron chi connectivity index (χ2n) is 7.39. The van der Waals surface area contributed by atoms with Gasteiger partial charge in [-0.1, -0.05) is 18.2 Å². The van der Waals surface area contributed by atoms with E-state index in [0.29, 0.717) is 0 Å². The highest BCUT2D eigenvalue weighted by Crippen LogP contribution is 2.22. The Balaban J connectivity index is 1.53. The molecular formula is C21H34N4O2. The van der Waals surface area contributed by atoms with Gasteiger partial charge in [-0.2, -0.15) is 0 Å². The molecule has 0 atom stereocenters. The Labute approximate surface area is 163 Å². The molecule has 0 radical (unpaired) electrons. The Morgan fingerprint density at radius 2 is 1.85 bits per heavy atom. The molecule has 0 spiro atoms. The zero-order chi connectivity index (χ0) is 18.9. The van der Waals surface area contributed by atoms with Crippen LogP contribution in [0.25, 0.3) is 0 Å². The van der Waals surface area contributed by atoms with Gasteiger partial charge in [-0.15, -0.1) is 0 Å². The van der Waals surface area contributed by atoms with Crippen molar-refractivity contribution < 1.29 is 9.47 Å². The van der Waals surface area contributed by atoms with E-state index in [9.17, 15) is 0 Å². The van der Waals surface area contributed by atoms with E-state index in [1.54, 1.807) is 0 Å². The highest BCUT2D eigenvalue weighted by molar-refractivity contribution is 5.79. The molecule has 27 heavy (non-hydrogen) atoms. The van der Waals surface area contributed by atoms with Crippen LogP contribution in [-0.2, 0) is 16.0 Å². The van der Waals surface area contributed by atoms with Gasteiger partial charge in [0.05, 0.1) is 13.2 Å². The first kappa shape index (κ1) is 20.0. The van der Waals surface area contributed by atoms with Gasteiger partial charge in [-0.05, 0) is 36.8 Å². The number of para-hydroxylation sites is 1. The third-order valence-electron chi connectivity index (χ3n) is 5.57. The van der Waals surface area contributed by atoms with E-state index in [-0.39, 0.29) is 0 Å². The number of hydrogen-bond donors (Lipinski definition) is 1. The van der Waals surface area contributed by atoms with E-state index < -0.39 is 0 Å². The molecule has 150 valence electrons. The van der Waals surface area contributed by atoms with Crippen molar-refractivity contribution in [3.05, 3.63) is 29.8 Å². The quantitative estimate of drug-likeness (QED) is 0.612. The second kappa shape index (κ2) is 10.5. The Hall–Kier alpha value is -1.79. The van der Waals surface area contributed by atoms with Crippen LogP contribution in [0, 0.1) is 5.92 Å². The molecule has 0 aliphatic carbocycles. The number of hydrogen-bond acceptors (Lipinski definition) is 4. The first-order valence-corrected chi connectivity index (χ1v) is 10.2. The zero-order valence-corrected chi connectivity index (χ0v) is 16.8. The van der Waals surface area contributed by atoms with E-state index in [2.05, 4.69) is 51.4 Å². The molecule has 1 aromatic carbocycles. The zero-order valence-electron chi connectivity index (χ0n) is 16.8. The number of anilines is 1. The van der Waals surface area contributed by atoms with Crippen molar-refractivity contribution in [3.63, 3.8) is 0 Å². The lowest BCUT2D eigenvalue weighted by molar-refractivity contribution is 0.0625. The summed E-state index contributed by atoms with van der Waals surface area (Å²) in [5, 5.41) is 3.55. The van der Waals surface area contributed by atoms with Crippen LogP contribution in [0.2, 0.25) is 0 Å². The first-order chi connectivity index (χ1) is 13.3. The molecule has 2 fully saturated rings. The van der Waals surface area contributed by atoms with E-state index in [1.807, 2.05) is 7.05 Å². The van der Waals surface area contributed by atoms with Crippen molar-refractivity contribution in [2.24, 2.45) is 10.9 Å². The minimum atomic E-state index is 0.779. The van der Waals surface area contributed by atoms with E-state index in [0.717, 1.165) is 64.5 Å². The molecule has 2 heterocycles. The molecule has 2 aliphatic heterocycles. The average molecular weight is 375 g/mol. The van der Waals surface area contributed by atoms with Crippen molar-refractivity contribution in [1.82, 2.24) is 10.2 Å². The third kappa shape index (κ3) is 5.84. The molecular weight excluding hydrogens is 340 g/mol. The van der Waals surface area contributed by atoms with Gasteiger partial charge in [0.15, 0.2) is 5.96 Å². The smallest absolute Gasteiger partial charge is 0.193 e.